The lowest BCUT2D eigenvalue weighted by molar-refractivity contribution is 0.194. The Kier molecular flexibility index (Phi) is 3.44. The lowest BCUT2D eigenvalue weighted by Crippen LogP contribution is -2.07. The third-order valence-electron chi connectivity index (χ3n) is 4.44. The molecule has 2 aromatic heterocycles. The monoisotopic (exact) mass is 319 g/mol. The van der Waals surface area contributed by atoms with Gasteiger partial charge in [0.05, 0.1) is 23.2 Å². The van der Waals surface area contributed by atoms with Crippen molar-refractivity contribution in [1.82, 2.24) is 15.0 Å². The maximum atomic E-state index is 9.43. The third kappa shape index (κ3) is 2.39. The maximum Gasteiger partial charge on any atom is 0.157 e. The minimum Gasteiger partial charge on any atom is -0.383 e. The number of aryl methyl sites for hydroxylation is 1. The van der Waals surface area contributed by atoms with Gasteiger partial charge in [0.25, 0.3) is 0 Å². The first-order valence-corrected chi connectivity index (χ1v) is 7.90. The van der Waals surface area contributed by atoms with E-state index in [4.69, 9.17) is 10.5 Å². The number of rotatable bonds is 2. The second-order valence-corrected chi connectivity index (χ2v) is 6.14. The lowest BCUT2D eigenvalue weighted by Gasteiger charge is -2.13. The van der Waals surface area contributed by atoms with Gasteiger partial charge in [0.2, 0.25) is 0 Å². The summed E-state index contributed by atoms with van der Waals surface area (Å²) in [4.78, 5) is 12.3. The average Bonchev–Trinajstić information content (AvgIpc) is 3.23. The lowest BCUT2D eigenvalue weighted by atomic mass is 9.94. The van der Waals surface area contributed by atoms with Crippen molar-refractivity contribution in [3.05, 3.63) is 41.0 Å². The van der Waals surface area contributed by atoms with Crippen LogP contribution >= 0.6 is 0 Å². The Morgan fingerprint density at radius 3 is 2.96 bits per heavy atom. The van der Waals surface area contributed by atoms with Crippen LogP contribution in [0.4, 0.5) is 5.82 Å². The van der Waals surface area contributed by atoms with Gasteiger partial charge in [0, 0.05) is 12.5 Å². The number of hydrogen-bond donors (Lipinski definition) is 2. The highest BCUT2D eigenvalue weighted by Crippen LogP contribution is 2.32. The fourth-order valence-electron chi connectivity index (χ4n) is 3.17. The van der Waals surface area contributed by atoms with Crippen LogP contribution in [0.15, 0.2) is 24.3 Å². The number of hydrogen-bond acceptors (Lipinski definition) is 5. The molecule has 1 aromatic carbocycles. The van der Waals surface area contributed by atoms with Crippen LogP contribution < -0.4 is 5.73 Å². The molecule has 6 heteroatoms. The van der Waals surface area contributed by atoms with Gasteiger partial charge in [-0.1, -0.05) is 6.07 Å². The Hall–Kier alpha value is -2.91. The van der Waals surface area contributed by atoms with E-state index in [0.717, 1.165) is 28.6 Å². The highest BCUT2D eigenvalue weighted by Gasteiger charge is 2.24. The predicted molar refractivity (Wildman–Crippen MR) is 91.4 cm³/mol. The largest absolute Gasteiger partial charge is 0.383 e. The molecule has 0 aliphatic carbocycles. The Labute approximate surface area is 139 Å². The number of ether oxygens (including phenoxy) is 1. The number of nitriles is 1. The second kappa shape index (κ2) is 5.62. The van der Waals surface area contributed by atoms with Gasteiger partial charge in [-0.25, -0.2) is 9.97 Å². The van der Waals surface area contributed by atoms with E-state index < -0.39 is 0 Å². The molecule has 0 bridgehead atoms. The van der Waals surface area contributed by atoms with Crippen molar-refractivity contribution in [2.75, 3.05) is 18.9 Å². The number of aromatic nitrogens is 3. The molecule has 0 radical (unpaired) electrons. The molecule has 6 nitrogen and oxygen atoms in total. The van der Waals surface area contributed by atoms with Gasteiger partial charge < -0.3 is 15.5 Å². The Bertz CT molecular complexity index is 963. The molecular weight excluding hydrogens is 302 g/mol. The van der Waals surface area contributed by atoms with Gasteiger partial charge in [-0.05, 0) is 42.7 Å². The van der Waals surface area contributed by atoms with Gasteiger partial charge in [-0.15, -0.1) is 0 Å². The van der Waals surface area contributed by atoms with Crippen molar-refractivity contribution in [2.24, 2.45) is 0 Å². The molecular formula is C18H17N5O. The van der Waals surface area contributed by atoms with E-state index in [2.05, 4.69) is 21.0 Å². The van der Waals surface area contributed by atoms with Crippen LogP contribution in [0.5, 0.6) is 0 Å². The Balaban J connectivity index is 1.86. The second-order valence-electron chi connectivity index (χ2n) is 6.14. The van der Waals surface area contributed by atoms with Crippen LogP contribution in [0.1, 0.15) is 29.0 Å². The molecule has 3 aromatic rings. The summed E-state index contributed by atoms with van der Waals surface area (Å²) < 4.78 is 5.46. The topological polar surface area (TPSA) is 101 Å². The van der Waals surface area contributed by atoms with Crippen molar-refractivity contribution in [3.63, 3.8) is 0 Å². The molecule has 120 valence electrons. The number of anilines is 1. The van der Waals surface area contributed by atoms with Gasteiger partial charge in [0.15, 0.2) is 5.82 Å². The summed E-state index contributed by atoms with van der Waals surface area (Å²) in [6.45, 7) is 3.35. The smallest absolute Gasteiger partial charge is 0.157 e. The van der Waals surface area contributed by atoms with E-state index in [9.17, 15) is 5.26 Å². The normalized spacial score (nSPS) is 17.2. The predicted octanol–water partition coefficient (Wildman–Crippen LogP) is 2.89. The summed E-state index contributed by atoms with van der Waals surface area (Å²) in [7, 11) is 0. The minimum atomic E-state index is 0.176. The zero-order valence-electron chi connectivity index (χ0n) is 13.3. The molecule has 1 aliphatic heterocycles. The number of aromatic amines is 1. The van der Waals surface area contributed by atoms with Crippen LogP contribution in [0.25, 0.3) is 22.6 Å². The van der Waals surface area contributed by atoms with Crippen LogP contribution in [-0.2, 0) is 4.74 Å². The van der Waals surface area contributed by atoms with E-state index in [1.54, 1.807) is 0 Å². The highest BCUT2D eigenvalue weighted by atomic mass is 16.5. The van der Waals surface area contributed by atoms with Crippen LogP contribution in [0.2, 0.25) is 0 Å². The SMILES string of the molecule is Cc1ccc2nc(-c3cc(C4CCOC4)c(C#N)c(N)n3)[nH]c2c1. The minimum absolute atomic E-state index is 0.176. The third-order valence-corrected chi connectivity index (χ3v) is 4.44. The Morgan fingerprint density at radius 2 is 2.21 bits per heavy atom. The van der Waals surface area contributed by atoms with Crippen LogP contribution in [-0.4, -0.2) is 28.2 Å². The molecule has 24 heavy (non-hydrogen) atoms. The van der Waals surface area contributed by atoms with E-state index in [1.165, 1.54) is 0 Å². The summed E-state index contributed by atoms with van der Waals surface area (Å²) in [5.74, 6) is 1.08. The fraction of sp³-hybridized carbons (Fsp3) is 0.278. The molecule has 0 saturated carbocycles. The van der Waals surface area contributed by atoms with Crippen molar-refractivity contribution < 1.29 is 4.74 Å². The summed E-state index contributed by atoms with van der Waals surface area (Å²) in [5, 5.41) is 9.43. The summed E-state index contributed by atoms with van der Waals surface area (Å²) in [6, 6.07) is 10.1. The van der Waals surface area contributed by atoms with Crippen molar-refractivity contribution in [1.29, 1.82) is 5.26 Å². The molecule has 1 unspecified atom stereocenters. The molecule has 4 rings (SSSR count). The number of benzene rings is 1. The number of nitrogens with two attached hydrogens (primary N) is 1. The molecule has 1 saturated heterocycles. The number of pyridine rings is 1. The number of imidazole rings is 1. The van der Waals surface area contributed by atoms with Crippen molar-refractivity contribution >= 4 is 16.9 Å². The molecule has 1 fully saturated rings. The molecule has 1 atom stereocenters. The highest BCUT2D eigenvalue weighted by molar-refractivity contribution is 5.80. The first-order valence-electron chi connectivity index (χ1n) is 7.90. The maximum absolute atomic E-state index is 9.43. The number of nitrogen functional groups attached to an aromatic ring is 1. The van der Waals surface area contributed by atoms with Gasteiger partial charge in [0.1, 0.15) is 17.6 Å². The zero-order valence-corrected chi connectivity index (χ0v) is 13.3. The van der Waals surface area contributed by atoms with Crippen LogP contribution in [0, 0.1) is 18.3 Å². The number of nitrogens with one attached hydrogen (secondary N) is 1. The standard InChI is InChI=1S/C18H17N5O/c1-10-2-3-14-15(6-10)23-18(22-14)16-7-12(11-4-5-24-9-11)13(8-19)17(20)21-16/h2-3,6-7,11H,4-5,9H2,1H3,(H2,20,21)(H,22,23). The first kappa shape index (κ1) is 14.7. The fourth-order valence-corrected chi connectivity index (χ4v) is 3.17. The summed E-state index contributed by atoms with van der Waals surface area (Å²) >= 11 is 0. The van der Waals surface area contributed by atoms with E-state index >= 15 is 0 Å². The molecule has 0 amide bonds. The molecule has 3 N–H and O–H groups in total. The van der Waals surface area contributed by atoms with Gasteiger partial charge >= 0.3 is 0 Å². The number of H-pyrrole nitrogens is 1. The summed E-state index contributed by atoms with van der Waals surface area (Å²) in [6.07, 6.45) is 0.886. The summed E-state index contributed by atoms with van der Waals surface area (Å²) in [5.41, 5.74) is 11.0. The van der Waals surface area contributed by atoms with Crippen molar-refractivity contribution in [3.8, 4) is 17.6 Å². The zero-order chi connectivity index (χ0) is 16.7. The van der Waals surface area contributed by atoms with E-state index in [1.807, 2.05) is 31.2 Å². The number of nitrogens with zero attached hydrogens (tertiary/aromatic N) is 3. The van der Waals surface area contributed by atoms with E-state index in [0.29, 0.717) is 30.3 Å². The van der Waals surface area contributed by atoms with E-state index in [-0.39, 0.29) is 11.7 Å². The molecule has 1 aliphatic rings. The van der Waals surface area contributed by atoms with Crippen LogP contribution in [0.3, 0.4) is 0 Å². The average molecular weight is 319 g/mol. The molecule has 0 spiro atoms. The van der Waals surface area contributed by atoms with Crippen molar-refractivity contribution in [2.45, 2.75) is 19.3 Å². The first-order chi connectivity index (χ1) is 11.7. The van der Waals surface area contributed by atoms with Gasteiger partial charge in [-0.2, -0.15) is 5.26 Å². The molecule has 3 heterocycles. The Morgan fingerprint density at radius 1 is 1.33 bits per heavy atom. The van der Waals surface area contributed by atoms with Gasteiger partial charge in [-0.3, -0.25) is 0 Å². The number of fused-ring (bicyclic) bond motifs is 1. The quantitative estimate of drug-likeness (QED) is 0.756.